The molecule has 0 heterocycles. The molecule has 0 aliphatic rings. The maximum atomic E-state index is 11.4. The van der Waals surface area contributed by atoms with Gasteiger partial charge in [-0.05, 0) is 45.4 Å². The first-order valence-electron chi connectivity index (χ1n) is 6.54. The Labute approximate surface area is 124 Å². The van der Waals surface area contributed by atoms with Gasteiger partial charge in [0.25, 0.3) is 0 Å². The molecule has 0 fully saturated rings. The summed E-state index contributed by atoms with van der Waals surface area (Å²) in [7, 11) is 0. The smallest absolute Gasteiger partial charge is 0.407 e. The fourth-order valence-electron chi connectivity index (χ4n) is 1.51. The highest BCUT2D eigenvalue weighted by Crippen LogP contribution is 2.22. The summed E-state index contributed by atoms with van der Waals surface area (Å²) < 4.78 is 5.13. The number of nitrogens with one attached hydrogen (secondary N) is 2. The van der Waals surface area contributed by atoms with Gasteiger partial charge in [-0.2, -0.15) is 0 Å². The van der Waals surface area contributed by atoms with Gasteiger partial charge in [0.15, 0.2) is 0 Å². The van der Waals surface area contributed by atoms with Crippen LogP contribution in [-0.2, 0) is 4.74 Å². The minimum Gasteiger partial charge on any atom is -0.444 e. The maximum Gasteiger partial charge on any atom is 0.407 e. The van der Waals surface area contributed by atoms with Crippen LogP contribution in [0.4, 0.5) is 16.2 Å². The molecule has 20 heavy (non-hydrogen) atoms. The third-order valence-corrected chi connectivity index (χ3v) is 2.59. The summed E-state index contributed by atoms with van der Waals surface area (Å²) >= 11 is 5.82. The highest BCUT2D eigenvalue weighted by atomic mass is 35.5. The molecule has 0 saturated heterocycles. The summed E-state index contributed by atoms with van der Waals surface area (Å²) in [6.07, 6.45) is 0.366. The Morgan fingerprint density at radius 3 is 2.65 bits per heavy atom. The number of carbonyl (C=O) groups is 1. The minimum absolute atomic E-state index is 0.400. The highest BCUT2D eigenvalue weighted by molar-refractivity contribution is 6.31. The van der Waals surface area contributed by atoms with E-state index in [0.29, 0.717) is 23.8 Å². The van der Waals surface area contributed by atoms with Gasteiger partial charge in [0, 0.05) is 18.1 Å². The molecular weight excluding hydrogens is 278 g/mol. The quantitative estimate of drug-likeness (QED) is 0.576. The highest BCUT2D eigenvalue weighted by Gasteiger charge is 2.15. The van der Waals surface area contributed by atoms with Crippen LogP contribution in [0.2, 0.25) is 5.02 Å². The molecule has 0 radical (unpaired) electrons. The molecule has 1 aromatic carbocycles. The number of anilines is 2. The van der Waals surface area contributed by atoms with Gasteiger partial charge in [0.05, 0.1) is 11.4 Å². The summed E-state index contributed by atoms with van der Waals surface area (Å²) in [6, 6.07) is 5.31. The average Bonchev–Trinajstić information content (AvgIpc) is 2.28. The number of hydrogen-bond acceptors (Lipinski definition) is 4. The van der Waals surface area contributed by atoms with Crippen molar-refractivity contribution in [3.8, 4) is 0 Å². The molecule has 0 bridgehead atoms. The van der Waals surface area contributed by atoms with Crippen LogP contribution in [0.25, 0.3) is 0 Å². The lowest BCUT2D eigenvalue weighted by Gasteiger charge is -2.19. The van der Waals surface area contributed by atoms with Crippen LogP contribution in [0.5, 0.6) is 0 Å². The van der Waals surface area contributed by atoms with E-state index in [0.717, 1.165) is 12.1 Å². The number of carbonyl (C=O) groups excluding carboxylic acids is 1. The zero-order valence-electron chi connectivity index (χ0n) is 12.1. The first kappa shape index (κ1) is 16.4. The molecule has 5 nitrogen and oxygen atoms in total. The molecule has 0 aliphatic carbocycles. The summed E-state index contributed by atoms with van der Waals surface area (Å²) in [4.78, 5) is 11.4. The molecule has 6 heteroatoms. The number of halogens is 1. The van der Waals surface area contributed by atoms with Crippen molar-refractivity contribution in [3.05, 3.63) is 23.2 Å². The standard InChI is InChI=1S/C14H22ClN3O2/c1-14(2,3)20-13(19)18-8-4-7-17-12-6-5-10(15)9-11(12)16/h5-6,9,17H,4,7-8,16H2,1-3H3,(H,18,19). The second-order valence-electron chi connectivity index (χ2n) is 5.44. The van der Waals surface area contributed by atoms with Crippen LogP contribution in [0.15, 0.2) is 18.2 Å². The van der Waals surface area contributed by atoms with Crippen LogP contribution in [0, 0.1) is 0 Å². The fourth-order valence-corrected chi connectivity index (χ4v) is 1.69. The molecule has 4 N–H and O–H groups in total. The van der Waals surface area contributed by atoms with E-state index in [4.69, 9.17) is 22.1 Å². The number of benzene rings is 1. The van der Waals surface area contributed by atoms with Crippen molar-refractivity contribution in [1.82, 2.24) is 5.32 Å². The van der Waals surface area contributed by atoms with Gasteiger partial charge in [0.2, 0.25) is 0 Å². The number of amides is 1. The van der Waals surface area contributed by atoms with Crippen molar-refractivity contribution in [1.29, 1.82) is 0 Å². The first-order chi connectivity index (χ1) is 9.28. The van der Waals surface area contributed by atoms with E-state index >= 15 is 0 Å². The van der Waals surface area contributed by atoms with Crippen LogP contribution < -0.4 is 16.4 Å². The number of alkyl carbamates (subject to hydrolysis) is 1. The Bertz CT molecular complexity index is 458. The molecular formula is C14H22ClN3O2. The van der Waals surface area contributed by atoms with E-state index in [1.54, 1.807) is 12.1 Å². The molecule has 0 unspecified atom stereocenters. The van der Waals surface area contributed by atoms with Crippen molar-refractivity contribution < 1.29 is 9.53 Å². The van der Waals surface area contributed by atoms with Crippen molar-refractivity contribution in [2.75, 3.05) is 24.1 Å². The number of nitrogen functional groups attached to an aromatic ring is 1. The molecule has 1 rings (SSSR count). The zero-order chi connectivity index (χ0) is 15.2. The van der Waals surface area contributed by atoms with E-state index < -0.39 is 11.7 Å². The molecule has 0 aromatic heterocycles. The number of rotatable bonds is 5. The normalized spacial score (nSPS) is 11.0. The van der Waals surface area contributed by atoms with Crippen molar-refractivity contribution in [3.63, 3.8) is 0 Å². The van der Waals surface area contributed by atoms with E-state index in [1.807, 2.05) is 26.8 Å². The summed E-state index contributed by atoms with van der Waals surface area (Å²) in [5.41, 5.74) is 6.79. The lowest BCUT2D eigenvalue weighted by molar-refractivity contribution is 0.0528. The van der Waals surface area contributed by atoms with Gasteiger partial charge in [-0.1, -0.05) is 11.6 Å². The van der Waals surface area contributed by atoms with Crippen LogP contribution in [0.3, 0.4) is 0 Å². The first-order valence-corrected chi connectivity index (χ1v) is 6.91. The zero-order valence-corrected chi connectivity index (χ0v) is 12.9. The molecule has 1 aromatic rings. The lowest BCUT2D eigenvalue weighted by Crippen LogP contribution is -2.33. The van der Waals surface area contributed by atoms with Crippen LogP contribution >= 0.6 is 11.6 Å². The van der Waals surface area contributed by atoms with Crippen molar-refractivity contribution >= 4 is 29.1 Å². The Hall–Kier alpha value is -1.62. The molecule has 1 amide bonds. The predicted octanol–water partition coefficient (Wildman–Crippen LogP) is 3.25. The van der Waals surface area contributed by atoms with Gasteiger partial charge >= 0.3 is 6.09 Å². The topological polar surface area (TPSA) is 76.4 Å². The number of ether oxygens (including phenoxy) is 1. The van der Waals surface area contributed by atoms with Gasteiger partial charge in [-0.25, -0.2) is 4.79 Å². The third-order valence-electron chi connectivity index (χ3n) is 2.35. The second kappa shape index (κ2) is 7.24. The summed E-state index contributed by atoms with van der Waals surface area (Å²) in [6.45, 7) is 6.73. The van der Waals surface area contributed by atoms with E-state index in [2.05, 4.69) is 10.6 Å². The van der Waals surface area contributed by atoms with Gasteiger partial charge in [-0.3, -0.25) is 0 Å². The molecule has 0 spiro atoms. The third kappa shape index (κ3) is 6.52. The molecule has 112 valence electrons. The van der Waals surface area contributed by atoms with Crippen LogP contribution in [-0.4, -0.2) is 24.8 Å². The summed E-state index contributed by atoms with van der Waals surface area (Å²) in [5, 5.41) is 6.49. The Morgan fingerprint density at radius 2 is 2.05 bits per heavy atom. The maximum absolute atomic E-state index is 11.4. The Kier molecular flexibility index (Phi) is 5.95. The van der Waals surface area contributed by atoms with Gasteiger partial charge in [0.1, 0.15) is 5.60 Å². The van der Waals surface area contributed by atoms with E-state index in [-0.39, 0.29) is 0 Å². The van der Waals surface area contributed by atoms with E-state index in [9.17, 15) is 4.79 Å². The molecule has 0 atom stereocenters. The fraction of sp³-hybridized carbons (Fsp3) is 0.500. The monoisotopic (exact) mass is 299 g/mol. The van der Waals surface area contributed by atoms with Crippen molar-refractivity contribution in [2.45, 2.75) is 32.8 Å². The minimum atomic E-state index is -0.472. The number of hydrogen-bond donors (Lipinski definition) is 3. The number of nitrogens with two attached hydrogens (primary N) is 1. The predicted molar refractivity (Wildman–Crippen MR) is 83.2 cm³/mol. The Balaban J connectivity index is 2.21. The largest absolute Gasteiger partial charge is 0.444 e. The SMILES string of the molecule is CC(C)(C)OC(=O)NCCCNc1ccc(Cl)cc1N. The molecule has 0 aliphatic heterocycles. The summed E-state index contributed by atoms with van der Waals surface area (Å²) in [5.74, 6) is 0. The second-order valence-corrected chi connectivity index (χ2v) is 5.88. The van der Waals surface area contributed by atoms with E-state index in [1.165, 1.54) is 0 Å². The van der Waals surface area contributed by atoms with Crippen molar-refractivity contribution in [2.24, 2.45) is 0 Å². The van der Waals surface area contributed by atoms with Crippen LogP contribution in [0.1, 0.15) is 27.2 Å². The average molecular weight is 300 g/mol. The van der Waals surface area contributed by atoms with Gasteiger partial charge < -0.3 is 21.1 Å². The lowest BCUT2D eigenvalue weighted by atomic mass is 10.2. The molecule has 0 saturated carbocycles. The Morgan fingerprint density at radius 1 is 1.35 bits per heavy atom. The van der Waals surface area contributed by atoms with Gasteiger partial charge in [-0.15, -0.1) is 0 Å².